The van der Waals surface area contributed by atoms with E-state index in [-0.39, 0.29) is 0 Å². The van der Waals surface area contributed by atoms with E-state index in [1.165, 1.54) is 6.20 Å². The quantitative estimate of drug-likeness (QED) is 0.497. The second-order valence-electron chi connectivity index (χ2n) is 6.71. The summed E-state index contributed by atoms with van der Waals surface area (Å²) in [7, 11) is 0. The highest BCUT2D eigenvalue weighted by Gasteiger charge is 2.17. The molecule has 29 heavy (non-hydrogen) atoms. The van der Waals surface area contributed by atoms with E-state index < -0.39 is 0 Å². The number of hydrogen-bond donors (Lipinski definition) is 2. The Labute approximate surface area is 172 Å². The maximum absolute atomic E-state index is 10.9. The van der Waals surface area contributed by atoms with E-state index in [9.17, 15) is 4.79 Å². The topological polar surface area (TPSA) is 89.1 Å². The molecule has 3 aromatic rings. The molecule has 1 fully saturated rings. The zero-order valence-corrected chi connectivity index (χ0v) is 16.2. The van der Waals surface area contributed by atoms with Crippen LogP contribution in [0.25, 0.3) is 21.8 Å². The molecule has 0 amide bonds. The molecule has 0 spiro atoms. The van der Waals surface area contributed by atoms with Crippen LogP contribution in [0.1, 0.15) is 23.2 Å². The number of aromatic nitrogens is 4. The first-order valence-electron chi connectivity index (χ1n) is 9.20. The smallest absolute Gasteiger partial charge is 0.231 e. The molecular weight excluding hydrogens is 390 g/mol. The van der Waals surface area contributed by atoms with E-state index in [4.69, 9.17) is 18.2 Å². The number of anilines is 1. The number of hydrogen-bond acceptors (Lipinski definition) is 6. The third-order valence-electron chi connectivity index (χ3n) is 4.77. The van der Waals surface area contributed by atoms with Gasteiger partial charge in [0.15, 0.2) is 0 Å². The van der Waals surface area contributed by atoms with Crippen molar-refractivity contribution in [2.45, 2.75) is 18.9 Å². The highest BCUT2D eigenvalue weighted by atomic mass is 35.5. The van der Waals surface area contributed by atoms with Gasteiger partial charge < -0.3 is 10.6 Å². The molecule has 146 valence electrons. The lowest BCUT2D eigenvalue weighted by Gasteiger charge is -2.23. The Morgan fingerprint density at radius 2 is 2.14 bits per heavy atom. The van der Waals surface area contributed by atoms with Crippen molar-refractivity contribution in [1.29, 1.82) is 0 Å². The van der Waals surface area contributed by atoms with Gasteiger partial charge in [-0.15, -0.1) is 0 Å². The zero-order chi connectivity index (χ0) is 20.2. The van der Waals surface area contributed by atoms with Crippen molar-refractivity contribution in [3.8, 4) is 16.9 Å². The van der Waals surface area contributed by atoms with Gasteiger partial charge in [-0.3, -0.25) is 4.79 Å². The van der Waals surface area contributed by atoms with Gasteiger partial charge in [-0.1, -0.05) is 11.6 Å². The molecule has 0 atom stereocenters. The highest BCUT2D eigenvalue weighted by molar-refractivity contribution is 6.32. The van der Waals surface area contributed by atoms with Crippen LogP contribution in [0, 0.1) is 6.57 Å². The molecule has 2 aromatic heterocycles. The molecule has 3 heterocycles. The van der Waals surface area contributed by atoms with Gasteiger partial charge in [0.2, 0.25) is 11.6 Å². The predicted molar refractivity (Wildman–Crippen MR) is 111 cm³/mol. The SMILES string of the molecule is [C-]#[N+]c1cnc(NC2CCNCC2)nc1-c1cnn(-c2ccc(C=O)cc2Cl)c1. The van der Waals surface area contributed by atoms with Gasteiger partial charge in [-0.05, 0) is 44.1 Å². The minimum Gasteiger partial charge on any atom is -0.351 e. The predicted octanol–water partition coefficient (Wildman–Crippen LogP) is 3.51. The second kappa shape index (κ2) is 8.39. The molecule has 0 aliphatic carbocycles. The molecule has 1 aromatic carbocycles. The molecule has 1 aliphatic rings. The Kier molecular flexibility index (Phi) is 5.51. The Morgan fingerprint density at radius 3 is 2.86 bits per heavy atom. The summed E-state index contributed by atoms with van der Waals surface area (Å²) in [5.74, 6) is 0.500. The molecule has 0 unspecified atom stereocenters. The highest BCUT2D eigenvalue weighted by Crippen LogP contribution is 2.30. The number of aldehydes is 1. The number of halogens is 1. The molecule has 1 saturated heterocycles. The average Bonchev–Trinajstić information content (AvgIpc) is 3.24. The third kappa shape index (κ3) is 4.11. The van der Waals surface area contributed by atoms with Crippen LogP contribution < -0.4 is 10.6 Å². The molecule has 9 heteroatoms. The van der Waals surface area contributed by atoms with E-state index in [2.05, 4.69) is 30.5 Å². The fraction of sp³-hybridized carbons (Fsp3) is 0.250. The zero-order valence-electron chi connectivity index (χ0n) is 15.5. The Morgan fingerprint density at radius 1 is 1.31 bits per heavy atom. The average molecular weight is 408 g/mol. The molecule has 0 radical (unpaired) electrons. The summed E-state index contributed by atoms with van der Waals surface area (Å²) in [6, 6.07) is 5.29. The summed E-state index contributed by atoms with van der Waals surface area (Å²) in [6.45, 7) is 9.36. The van der Waals surface area contributed by atoms with Crippen molar-refractivity contribution in [2.24, 2.45) is 0 Å². The minimum atomic E-state index is 0.306. The number of nitrogens with zero attached hydrogens (tertiary/aromatic N) is 5. The van der Waals surface area contributed by atoms with Crippen LogP contribution in [0.4, 0.5) is 11.6 Å². The van der Waals surface area contributed by atoms with E-state index in [1.54, 1.807) is 35.3 Å². The lowest BCUT2D eigenvalue weighted by Crippen LogP contribution is -2.35. The van der Waals surface area contributed by atoms with Gasteiger partial charge in [0.1, 0.15) is 6.29 Å². The second-order valence-corrected chi connectivity index (χ2v) is 7.12. The van der Waals surface area contributed by atoms with Gasteiger partial charge in [-0.2, -0.15) is 5.10 Å². The molecule has 0 bridgehead atoms. The van der Waals surface area contributed by atoms with E-state index in [0.29, 0.717) is 45.2 Å². The van der Waals surface area contributed by atoms with Crippen molar-refractivity contribution in [3.63, 3.8) is 0 Å². The molecule has 1 aliphatic heterocycles. The first-order valence-corrected chi connectivity index (χ1v) is 9.57. The van der Waals surface area contributed by atoms with Gasteiger partial charge >= 0.3 is 0 Å². The summed E-state index contributed by atoms with van der Waals surface area (Å²) in [5.41, 5.74) is 2.67. The van der Waals surface area contributed by atoms with Gasteiger partial charge in [-0.25, -0.2) is 19.5 Å². The first kappa shape index (κ1) is 19.1. The summed E-state index contributed by atoms with van der Waals surface area (Å²) >= 11 is 6.28. The number of piperidine rings is 1. The fourth-order valence-corrected chi connectivity index (χ4v) is 3.52. The molecule has 8 nitrogen and oxygen atoms in total. The summed E-state index contributed by atoms with van der Waals surface area (Å²) in [4.78, 5) is 23.3. The van der Waals surface area contributed by atoms with Gasteiger partial charge in [0.25, 0.3) is 0 Å². The Hall–Kier alpha value is -3.28. The van der Waals surface area contributed by atoms with Crippen molar-refractivity contribution >= 4 is 29.5 Å². The third-order valence-corrected chi connectivity index (χ3v) is 5.08. The Balaban J connectivity index is 1.65. The van der Waals surface area contributed by atoms with Crippen LogP contribution in [0.15, 0.2) is 36.8 Å². The Bertz CT molecular complexity index is 1080. The number of nitrogens with one attached hydrogen (secondary N) is 2. The van der Waals surface area contributed by atoms with Crippen molar-refractivity contribution in [2.75, 3.05) is 18.4 Å². The van der Waals surface area contributed by atoms with Crippen LogP contribution in [0.2, 0.25) is 5.02 Å². The minimum absolute atomic E-state index is 0.306. The fourth-order valence-electron chi connectivity index (χ4n) is 3.25. The summed E-state index contributed by atoms with van der Waals surface area (Å²) in [6.07, 6.45) is 7.65. The molecular formula is C20H18ClN7O. The largest absolute Gasteiger partial charge is 0.351 e. The number of carbonyl (C=O) groups excluding carboxylic acids is 1. The first-order chi connectivity index (χ1) is 14.2. The van der Waals surface area contributed by atoms with Gasteiger partial charge in [0, 0.05) is 29.6 Å². The van der Waals surface area contributed by atoms with Crippen LogP contribution in [0.3, 0.4) is 0 Å². The van der Waals surface area contributed by atoms with Crippen LogP contribution in [-0.2, 0) is 0 Å². The molecule has 2 N–H and O–H groups in total. The number of rotatable bonds is 5. The van der Waals surface area contributed by atoms with Crippen molar-refractivity contribution in [1.82, 2.24) is 25.1 Å². The molecule has 4 rings (SSSR count). The standard InChI is InChI=1S/C20H18ClN7O/c1-22-17-10-24-20(26-15-4-6-23-7-5-15)27-19(17)14-9-25-28(11-14)18-3-2-13(12-29)8-16(18)21/h2-3,8-12,15,23H,4-7H2,(H,24,26,27). The normalized spacial score (nSPS) is 14.3. The molecule has 0 saturated carbocycles. The summed E-state index contributed by atoms with van der Waals surface area (Å²) in [5, 5.41) is 11.4. The van der Waals surface area contributed by atoms with E-state index >= 15 is 0 Å². The van der Waals surface area contributed by atoms with E-state index in [1.807, 2.05) is 0 Å². The lowest BCUT2D eigenvalue weighted by molar-refractivity contribution is 0.112. The number of carbonyl (C=O) groups is 1. The van der Waals surface area contributed by atoms with Crippen molar-refractivity contribution in [3.05, 3.63) is 58.8 Å². The van der Waals surface area contributed by atoms with Crippen LogP contribution >= 0.6 is 11.6 Å². The van der Waals surface area contributed by atoms with E-state index in [0.717, 1.165) is 32.2 Å². The summed E-state index contributed by atoms with van der Waals surface area (Å²) < 4.78 is 1.60. The monoisotopic (exact) mass is 407 g/mol. The van der Waals surface area contributed by atoms with Gasteiger partial charge in [0.05, 0.1) is 29.2 Å². The maximum atomic E-state index is 10.9. The van der Waals surface area contributed by atoms with Crippen LogP contribution in [0.5, 0.6) is 0 Å². The number of benzene rings is 1. The van der Waals surface area contributed by atoms with Crippen LogP contribution in [-0.4, -0.2) is 45.2 Å². The maximum Gasteiger partial charge on any atom is 0.231 e. The lowest BCUT2D eigenvalue weighted by atomic mass is 10.1. The van der Waals surface area contributed by atoms with Crippen molar-refractivity contribution < 1.29 is 4.79 Å².